The largest absolute Gasteiger partial charge is 0.339 e. The Bertz CT molecular complexity index is 883. The molecule has 134 valence electrons. The molecule has 1 aliphatic heterocycles. The third-order valence-electron chi connectivity index (χ3n) is 5.18. The first kappa shape index (κ1) is 15.7. The van der Waals surface area contributed by atoms with Gasteiger partial charge in [0.15, 0.2) is 5.82 Å². The molecule has 0 atom stereocenters. The summed E-state index contributed by atoms with van der Waals surface area (Å²) in [5, 5.41) is 13.0. The molecule has 7 heteroatoms. The van der Waals surface area contributed by atoms with Gasteiger partial charge in [0.1, 0.15) is 11.6 Å². The van der Waals surface area contributed by atoms with E-state index in [9.17, 15) is 0 Å². The number of aromatic nitrogens is 5. The van der Waals surface area contributed by atoms with Crippen molar-refractivity contribution < 1.29 is 4.52 Å². The van der Waals surface area contributed by atoms with E-state index in [4.69, 9.17) is 4.52 Å². The summed E-state index contributed by atoms with van der Waals surface area (Å²) in [6, 6.07) is 10.4. The number of hydrogen-bond acceptors (Lipinski definition) is 6. The molecule has 1 saturated carbocycles. The van der Waals surface area contributed by atoms with E-state index in [1.807, 2.05) is 6.07 Å². The van der Waals surface area contributed by atoms with Crippen molar-refractivity contribution in [3.8, 4) is 0 Å². The molecule has 0 unspecified atom stereocenters. The molecule has 5 rings (SSSR count). The molecular weight excluding hydrogens is 328 g/mol. The van der Waals surface area contributed by atoms with Crippen molar-refractivity contribution in [3.63, 3.8) is 0 Å². The van der Waals surface area contributed by atoms with Crippen molar-refractivity contribution in [1.82, 2.24) is 29.8 Å². The van der Waals surface area contributed by atoms with Crippen LogP contribution in [0.15, 0.2) is 34.9 Å². The molecule has 0 spiro atoms. The summed E-state index contributed by atoms with van der Waals surface area (Å²) < 4.78 is 7.65. The van der Waals surface area contributed by atoms with Crippen LogP contribution in [0.25, 0.3) is 0 Å². The number of rotatable bonds is 5. The van der Waals surface area contributed by atoms with Gasteiger partial charge >= 0.3 is 0 Å². The molecule has 7 nitrogen and oxygen atoms in total. The first-order chi connectivity index (χ1) is 12.8. The second kappa shape index (κ2) is 6.64. The molecule has 2 aliphatic rings. The Labute approximate surface area is 152 Å². The molecule has 1 aromatic carbocycles. The van der Waals surface area contributed by atoms with Crippen molar-refractivity contribution in [1.29, 1.82) is 0 Å². The Morgan fingerprint density at radius 2 is 1.92 bits per heavy atom. The number of nitrogens with zero attached hydrogens (tertiary/aromatic N) is 6. The monoisotopic (exact) mass is 350 g/mol. The van der Waals surface area contributed by atoms with E-state index in [1.54, 1.807) is 0 Å². The highest BCUT2D eigenvalue weighted by Gasteiger charge is 2.30. The highest BCUT2D eigenvalue weighted by atomic mass is 16.5. The van der Waals surface area contributed by atoms with E-state index >= 15 is 0 Å². The minimum absolute atomic E-state index is 0.511. The summed E-state index contributed by atoms with van der Waals surface area (Å²) in [7, 11) is 0. The molecule has 0 radical (unpaired) electrons. The van der Waals surface area contributed by atoms with E-state index in [2.05, 4.69) is 54.1 Å². The molecule has 0 bridgehead atoms. The van der Waals surface area contributed by atoms with Crippen LogP contribution in [0.4, 0.5) is 0 Å². The minimum Gasteiger partial charge on any atom is -0.339 e. The number of fused-ring (bicyclic) bond motifs is 1. The van der Waals surface area contributed by atoms with Gasteiger partial charge in [-0.2, -0.15) is 4.98 Å². The maximum absolute atomic E-state index is 5.38. The molecule has 1 fully saturated rings. The average molecular weight is 350 g/mol. The van der Waals surface area contributed by atoms with Crippen LogP contribution >= 0.6 is 0 Å². The maximum Gasteiger partial charge on any atom is 0.229 e. The lowest BCUT2D eigenvalue weighted by Crippen LogP contribution is -2.27. The Balaban J connectivity index is 1.25. The summed E-state index contributed by atoms with van der Waals surface area (Å²) in [5.74, 6) is 4.25. The van der Waals surface area contributed by atoms with Crippen molar-refractivity contribution in [2.24, 2.45) is 0 Å². The zero-order valence-corrected chi connectivity index (χ0v) is 14.7. The lowest BCUT2D eigenvalue weighted by atomic mass is 10.1. The van der Waals surface area contributed by atoms with E-state index in [1.165, 1.54) is 18.4 Å². The first-order valence-electron chi connectivity index (χ1n) is 9.35. The minimum atomic E-state index is 0.511. The fourth-order valence-electron chi connectivity index (χ4n) is 3.52. The van der Waals surface area contributed by atoms with Crippen LogP contribution in [0, 0.1) is 0 Å². The summed E-state index contributed by atoms with van der Waals surface area (Å²) in [6.45, 7) is 3.53. The van der Waals surface area contributed by atoms with Crippen LogP contribution in [-0.2, 0) is 25.9 Å². The summed E-state index contributed by atoms with van der Waals surface area (Å²) in [6.07, 6.45) is 4.09. The van der Waals surface area contributed by atoms with Gasteiger partial charge < -0.3 is 9.09 Å². The normalized spacial score (nSPS) is 17.8. The van der Waals surface area contributed by atoms with Crippen LogP contribution in [-0.4, -0.2) is 42.9 Å². The highest BCUT2D eigenvalue weighted by Crippen LogP contribution is 2.38. The predicted octanol–water partition coefficient (Wildman–Crippen LogP) is 2.19. The SMILES string of the molecule is c1ccc(Cc2nnc3n2CCN(Cc2noc(C4CC4)n2)CC3)cc1. The molecule has 2 aromatic heterocycles. The Morgan fingerprint density at radius 1 is 1.04 bits per heavy atom. The van der Waals surface area contributed by atoms with Gasteiger partial charge in [0.2, 0.25) is 5.89 Å². The average Bonchev–Trinajstić information content (AvgIpc) is 3.35. The molecule has 26 heavy (non-hydrogen) atoms. The fraction of sp³-hybridized carbons (Fsp3) is 0.474. The summed E-state index contributed by atoms with van der Waals surface area (Å²) in [4.78, 5) is 6.93. The second-order valence-electron chi connectivity index (χ2n) is 7.20. The predicted molar refractivity (Wildman–Crippen MR) is 94.5 cm³/mol. The summed E-state index contributed by atoms with van der Waals surface area (Å²) >= 11 is 0. The van der Waals surface area contributed by atoms with Crippen LogP contribution < -0.4 is 0 Å². The third kappa shape index (κ3) is 3.26. The summed E-state index contributed by atoms with van der Waals surface area (Å²) in [5.41, 5.74) is 1.27. The first-order valence-corrected chi connectivity index (χ1v) is 9.35. The lowest BCUT2D eigenvalue weighted by molar-refractivity contribution is 0.258. The van der Waals surface area contributed by atoms with Crippen LogP contribution in [0.3, 0.4) is 0 Å². The van der Waals surface area contributed by atoms with Crippen molar-refractivity contribution >= 4 is 0 Å². The molecule has 3 heterocycles. The quantitative estimate of drug-likeness (QED) is 0.702. The van der Waals surface area contributed by atoms with Gasteiger partial charge in [0, 0.05) is 38.4 Å². The molecule has 0 saturated heterocycles. The van der Waals surface area contributed by atoms with E-state index in [0.29, 0.717) is 5.92 Å². The molecular formula is C19H22N6O. The van der Waals surface area contributed by atoms with Gasteiger partial charge in [-0.15, -0.1) is 10.2 Å². The zero-order chi connectivity index (χ0) is 17.3. The van der Waals surface area contributed by atoms with E-state index in [-0.39, 0.29) is 0 Å². The van der Waals surface area contributed by atoms with Crippen molar-refractivity contribution in [2.75, 3.05) is 13.1 Å². The van der Waals surface area contributed by atoms with Crippen molar-refractivity contribution in [2.45, 2.75) is 44.7 Å². The smallest absolute Gasteiger partial charge is 0.229 e. The Morgan fingerprint density at radius 3 is 2.77 bits per heavy atom. The topological polar surface area (TPSA) is 72.9 Å². The molecule has 0 amide bonds. The highest BCUT2D eigenvalue weighted by molar-refractivity contribution is 5.19. The number of hydrogen-bond donors (Lipinski definition) is 0. The van der Waals surface area contributed by atoms with Gasteiger partial charge in [0.05, 0.1) is 6.54 Å². The zero-order valence-electron chi connectivity index (χ0n) is 14.7. The fourth-order valence-corrected chi connectivity index (χ4v) is 3.52. The standard InChI is InChI=1S/C19H22N6O/c1-2-4-14(5-3-1)12-18-22-21-17-8-9-24(10-11-25(17)18)13-16-20-19(26-23-16)15-6-7-15/h1-5,15H,6-13H2. The van der Waals surface area contributed by atoms with Gasteiger partial charge in [-0.1, -0.05) is 35.5 Å². The van der Waals surface area contributed by atoms with Gasteiger partial charge in [-0.05, 0) is 18.4 Å². The lowest BCUT2D eigenvalue weighted by Gasteiger charge is -2.17. The van der Waals surface area contributed by atoms with Gasteiger partial charge in [-0.3, -0.25) is 4.90 Å². The molecule has 0 N–H and O–H groups in total. The van der Waals surface area contributed by atoms with Crippen LogP contribution in [0.1, 0.15) is 47.7 Å². The van der Waals surface area contributed by atoms with Gasteiger partial charge in [-0.25, -0.2) is 0 Å². The van der Waals surface area contributed by atoms with Gasteiger partial charge in [0.25, 0.3) is 0 Å². The second-order valence-corrected chi connectivity index (χ2v) is 7.20. The number of benzene rings is 1. The molecule has 1 aliphatic carbocycles. The molecule has 3 aromatic rings. The van der Waals surface area contributed by atoms with Crippen LogP contribution in [0.5, 0.6) is 0 Å². The Kier molecular flexibility index (Phi) is 4.01. The van der Waals surface area contributed by atoms with Crippen molar-refractivity contribution in [3.05, 3.63) is 59.3 Å². The Hall–Kier alpha value is -2.54. The third-order valence-corrected chi connectivity index (χ3v) is 5.18. The van der Waals surface area contributed by atoms with E-state index < -0.39 is 0 Å². The van der Waals surface area contributed by atoms with Crippen LogP contribution in [0.2, 0.25) is 0 Å². The van der Waals surface area contributed by atoms with E-state index in [0.717, 1.165) is 62.4 Å². The maximum atomic E-state index is 5.38.